The predicted molar refractivity (Wildman–Crippen MR) is 409 cm³/mol. The van der Waals surface area contributed by atoms with Crippen LogP contribution in [0, 0.1) is 17.6 Å². The number of nitrogens with two attached hydrogens (primary N) is 1. The van der Waals surface area contributed by atoms with E-state index in [1.165, 1.54) is 96.1 Å². The molecule has 1 saturated heterocycles. The number of rotatable bonds is 33. The zero-order valence-electron chi connectivity index (χ0n) is 62.0. The molecule has 0 radical (unpaired) electrons. The number of amides is 11. The van der Waals surface area contributed by atoms with Crippen LogP contribution in [0.5, 0.6) is 11.6 Å². The largest absolute Gasteiger partial charge is 0.493 e. The number of carbonyl (C=O) groups is 9. The van der Waals surface area contributed by atoms with E-state index in [-0.39, 0.29) is 101 Å². The SMILES string of the molecule is CCCNC(=O)Nc1cccc(S(=O)(=O)Nc2cccc([C@H](CC(=O)O)NC(=O)Nc3ccc(NC(=O)NCCN(C)CCN(C)CCN(C)CC(=O)N[C@@H](CC(N)=O)C(=O)N4CCC[C@H]4C(=O)N[C@H](C(=O)N=[S@@](C)(=O)Cc4cc5nc(c4)OCCCOc4cc(F)ccc4-c4cc(ncc4F)N5)C(C)C)cc3)c2)c1. The van der Waals surface area contributed by atoms with Gasteiger partial charge in [0.05, 0.1) is 65.2 Å². The number of carboxylic acids is 1. The first-order valence-electron chi connectivity index (χ1n) is 35.5. The molecule has 2 aliphatic heterocycles. The van der Waals surface area contributed by atoms with E-state index >= 15 is 4.39 Å². The number of carbonyl (C=O) groups excluding carboxylic acids is 8. The minimum absolute atomic E-state index is 0.0780. The number of primary amides is 1. The van der Waals surface area contributed by atoms with E-state index in [0.29, 0.717) is 75.5 Å². The second kappa shape index (κ2) is 39.8. The normalized spacial score (nSPS) is 14.8. The van der Waals surface area contributed by atoms with Crippen LogP contribution in [0.1, 0.15) is 76.5 Å². The summed E-state index contributed by atoms with van der Waals surface area (Å²) < 4.78 is 88.9. The second-order valence-electron chi connectivity index (χ2n) is 27.0. The van der Waals surface area contributed by atoms with E-state index in [0.717, 1.165) is 12.3 Å². The topological polar surface area (TPSA) is 441 Å². The minimum atomic E-state index is -4.19. The Balaban J connectivity index is 0.744. The lowest BCUT2D eigenvalue weighted by Gasteiger charge is -2.30. The van der Waals surface area contributed by atoms with Gasteiger partial charge in [0.25, 0.3) is 15.9 Å². The number of aromatic nitrogens is 2. The third-order valence-corrected chi connectivity index (χ3v) is 20.1. The van der Waals surface area contributed by atoms with Crippen molar-refractivity contribution in [2.75, 3.05) is 126 Å². The lowest BCUT2D eigenvalue weighted by molar-refractivity contribution is -0.143. The first-order valence-corrected chi connectivity index (χ1v) is 39.1. The Bertz CT molecular complexity index is 4560. The van der Waals surface area contributed by atoms with Crippen molar-refractivity contribution < 1.29 is 79.1 Å². The van der Waals surface area contributed by atoms with E-state index in [9.17, 15) is 65.3 Å². The van der Waals surface area contributed by atoms with E-state index in [1.54, 1.807) is 44.0 Å². The molecule has 8 rings (SSSR count). The van der Waals surface area contributed by atoms with Crippen LogP contribution in [0.15, 0.2) is 125 Å². The van der Waals surface area contributed by atoms with Gasteiger partial charge in [-0.15, -0.1) is 0 Å². The molecular weight excluding hydrogens is 1470 g/mol. The number of urea groups is 3. The van der Waals surface area contributed by atoms with Gasteiger partial charge in [0.2, 0.25) is 29.5 Å². The summed E-state index contributed by atoms with van der Waals surface area (Å²) in [6.45, 7) is 8.67. The lowest BCUT2D eigenvalue weighted by atomic mass is 10.0. The quantitative estimate of drug-likeness (QED) is 0.0217. The average Bonchev–Trinajstić information content (AvgIpc) is 1.02. The maximum absolute atomic E-state index is 15.2. The number of sulfonamides is 1. The molecule has 5 atom stereocenters. The van der Waals surface area contributed by atoms with E-state index in [4.69, 9.17) is 15.2 Å². The van der Waals surface area contributed by atoms with Gasteiger partial charge in [0, 0.05) is 111 Å². The average molecular weight is 1570 g/mol. The summed E-state index contributed by atoms with van der Waals surface area (Å²) in [6.07, 6.45) is 2.74. The molecule has 110 heavy (non-hydrogen) atoms. The van der Waals surface area contributed by atoms with Gasteiger partial charge in [-0.3, -0.25) is 38.4 Å². The maximum Gasteiger partial charge on any atom is 0.319 e. The summed E-state index contributed by atoms with van der Waals surface area (Å²) in [5.74, 6) is -6.58. The number of aliphatic carboxylic acids is 1. The molecule has 6 aromatic rings. The van der Waals surface area contributed by atoms with Crippen LogP contribution in [0.25, 0.3) is 11.1 Å². The molecular formula is C73H94F2N18O15S2. The number of ether oxygens (including phenoxy) is 2. The van der Waals surface area contributed by atoms with Crippen molar-refractivity contribution in [3.8, 4) is 22.8 Å². The molecule has 2 aliphatic rings. The summed E-state index contributed by atoms with van der Waals surface area (Å²) in [5, 5.41) is 34.1. The van der Waals surface area contributed by atoms with Crippen LogP contribution in [-0.2, 0) is 54.3 Å². The maximum atomic E-state index is 15.2. The molecule has 11 amide bonds. The second-order valence-corrected chi connectivity index (χ2v) is 31.1. The van der Waals surface area contributed by atoms with Crippen LogP contribution >= 0.6 is 0 Å². The minimum Gasteiger partial charge on any atom is -0.493 e. The summed E-state index contributed by atoms with van der Waals surface area (Å²) in [6, 6.07) is 19.2. The van der Waals surface area contributed by atoms with E-state index in [1.807, 2.05) is 30.8 Å². The molecule has 1 fully saturated rings. The molecule has 33 nitrogen and oxygen atoms in total. The highest BCUT2D eigenvalue weighted by atomic mass is 32.2. The number of nitrogens with zero attached hydrogens (tertiary/aromatic N) is 7. The van der Waals surface area contributed by atoms with Crippen LogP contribution in [-0.4, -0.2) is 219 Å². The molecule has 0 unspecified atom stereocenters. The number of likely N-dealkylation sites (N-methyl/N-ethyl adjacent to an activating group) is 3. The Morgan fingerprint density at radius 3 is 2.05 bits per heavy atom. The first kappa shape index (κ1) is 84.5. The Labute approximate surface area is 636 Å². The molecule has 0 saturated carbocycles. The van der Waals surface area contributed by atoms with Gasteiger partial charge in [0.15, 0.2) is 0 Å². The zero-order chi connectivity index (χ0) is 79.8. The zero-order valence-corrected chi connectivity index (χ0v) is 63.7. The molecule has 2 aromatic heterocycles. The summed E-state index contributed by atoms with van der Waals surface area (Å²) in [5.41, 5.74) is 7.65. The lowest BCUT2D eigenvalue weighted by Crippen LogP contribution is -2.57. The predicted octanol–water partition coefficient (Wildman–Crippen LogP) is 6.23. The number of hydrogen-bond acceptors (Lipinski definition) is 20. The van der Waals surface area contributed by atoms with Crippen molar-refractivity contribution in [2.24, 2.45) is 16.0 Å². The number of nitrogens with one attached hydrogen (secondary N) is 10. The van der Waals surface area contributed by atoms with Crippen LogP contribution < -0.4 is 67.8 Å². The van der Waals surface area contributed by atoms with Crippen LogP contribution in [0.2, 0.25) is 0 Å². The van der Waals surface area contributed by atoms with Crippen molar-refractivity contribution in [3.05, 3.63) is 138 Å². The molecule has 4 aromatic carbocycles. The van der Waals surface area contributed by atoms with Crippen LogP contribution in [0.4, 0.5) is 57.5 Å². The van der Waals surface area contributed by atoms with Crippen molar-refractivity contribution in [1.82, 2.24) is 56.2 Å². The van der Waals surface area contributed by atoms with Gasteiger partial charge >= 0.3 is 24.1 Å². The molecule has 0 spiro atoms. The van der Waals surface area contributed by atoms with Crippen molar-refractivity contribution >= 4 is 108 Å². The number of likely N-dealkylation sites (tertiary alicyclic amines) is 1. The van der Waals surface area contributed by atoms with Crippen LogP contribution in [0.3, 0.4) is 0 Å². The van der Waals surface area contributed by atoms with Crippen molar-refractivity contribution in [1.29, 1.82) is 0 Å². The van der Waals surface area contributed by atoms with E-state index < -0.39 is 128 Å². The summed E-state index contributed by atoms with van der Waals surface area (Å²) in [4.78, 5) is 134. The van der Waals surface area contributed by atoms with Gasteiger partial charge in [-0.2, -0.15) is 9.35 Å². The fraction of sp³-hybridized carbons (Fsp3) is 0.411. The Morgan fingerprint density at radius 1 is 0.709 bits per heavy atom. The smallest absolute Gasteiger partial charge is 0.319 e. The highest BCUT2D eigenvalue weighted by Gasteiger charge is 2.40. The van der Waals surface area contributed by atoms with Crippen molar-refractivity contribution in [2.45, 2.75) is 94.1 Å². The Kier molecular flexibility index (Phi) is 30.6. The van der Waals surface area contributed by atoms with E-state index in [2.05, 4.69) is 66.9 Å². The fourth-order valence-corrected chi connectivity index (χ4v) is 14.2. The third-order valence-electron chi connectivity index (χ3n) is 17.3. The number of hydrogen-bond donors (Lipinski definition) is 12. The molecule has 4 heterocycles. The Hall–Kier alpha value is -11.2. The number of pyridine rings is 2. The number of fused-ring (bicyclic) bond motifs is 6. The van der Waals surface area contributed by atoms with Crippen molar-refractivity contribution in [3.63, 3.8) is 0 Å². The summed E-state index contributed by atoms with van der Waals surface area (Å²) >= 11 is 0. The highest BCUT2D eigenvalue weighted by Crippen LogP contribution is 2.35. The number of halogens is 2. The Morgan fingerprint density at radius 2 is 1.36 bits per heavy atom. The first-order chi connectivity index (χ1) is 52.3. The number of anilines is 6. The van der Waals surface area contributed by atoms with Gasteiger partial charge < -0.3 is 82.9 Å². The molecule has 592 valence electrons. The monoisotopic (exact) mass is 1560 g/mol. The van der Waals surface area contributed by atoms with Gasteiger partial charge in [-0.25, -0.2) is 40.8 Å². The molecule has 37 heteroatoms. The van der Waals surface area contributed by atoms with Gasteiger partial charge in [-0.1, -0.05) is 39.0 Å². The standard InChI is InChI=1S/C73H94F2N18O15S2/c1-8-24-77-71(101)82-51-14-10-16-53(38-51)110(105,106)88-52-15-9-13-47(36-52)57(41-66(96)97)84-73(103)81-50-21-19-49(20-22-50)80-72(102)78-25-27-90(4)28-29-91(5)30-31-92(6)43-64(95)83-58(40-61(76)94)70(100)93-26-11-17-59(93)68(98)87-67(45(2)3)69(99)89-109(7,104)44-46-34-63-85-62-39-55(56(75)42-79-62)54-23-18-48(74)37-60(54)107-32-12-33-108-65(35-46)86-63/h9-10,13-16,18-23,34-39,42,45,57-59,67,88H,8,11-12,17,24-33,40-41,43-44H2,1-7H3,(H2,76,94)(H,83,95)(H,87,98)(H,96,97)(H2,77,82,101)(H2,78,80,102)(H,79,85,86)(H2,81,84,103)/t57-,58-,59-,67-,109-/m0/s1. The molecule has 13 N–H and O–H groups in total. The highest BCUT2D eigenvalue weighted by molar-refractivity contribution is 7.93. The number of carboxylic acid groups (broad SMARTS) is 1. The fourth-order valence-electron chi connectivity index (χ4n) is 11.7. The van der Waals surface area contributed by atoms with Gasteiger partial charge in [0.1, 0.15) is 47.1 Å². The summed E-state index contributed by atoms with van der Waals surface area (Å²) in [7, 11) is -2.09. The number of benzene rings is 4. The third kappa shape index (κ3) is 26.3. The molecule has 0 aliphatic carbocycles. The van der Waals surface area contributed by atoms with Gasteiger partial charge in [-0.05, 0) is 136 Å². The molecule has 4 bridgehead atoms.